The molecule has 178 valence electrons. The van der Waals surface area contributed by atoms with Crippen molar-refractivity contribution in [1.29, 1.82) is 0 Å². The van der Waals surface area contributed by atoms with E-state index in [1.54, 1.807) is 7.05 Å². The summed E-state index contributed by atoms with van der Waals surface area (Å²) < 4.78 is 84.5. The molecule has 2 atom stereocenters. The second-order valence-corrected chi connectivity index (χ2v) is 8.83. The standard InChI is InChI=1S/C22H26F6N2O2/c1-13(15-8-16(21(23,24)25)10-17(9-15)22(26,27)28)32-12-20(2)7-6-14(11-30(20)3)19(31)29-18-4-5-18/h6,8-10,13,18H,4-5,7,11-12H2,1-3H3,(H,29,31)/t13-,20-/m1/s1. The molecule has 1 amide bonds. The topological polar surface area (TPSA) is 41.6 Å². The number of amides is 1. The van der Waals surface area contributed by atoms with Gasteiger partial charge in [0.15, 0.2) is 0 Å². The fourth-order valence-corrected chi connectivity index (χ4v) is 3.46. The minimum absolute atomic E-state index is 0.0658. The molecule has 1 aromatic carbocycles. The maximum atomic E-state index is 13.1. The normalized spacial score (nSPS) is 23.6. The van der Waals surface area contributed by atoms with Gasteiger partial charge in [-0.15, -0.1) is 0 Å². The second kappa shape index (κ2) is 8.70. The van der Waals surface area contributed by atoms with Gasteiger partial charge in [0, 0.05) is 23.7 Å². The van der Waals surface area contributed by atoms with Gasteiger partial charge in [-0.2, -0.15) is 26.3 Å². The SMILES string of the molecule is C[C@@H](OC[C@@]1(C)CC=C(C(=O)NC2CC2)CN1C)c1cc(C(F)(F)F)cc(C(F)(F)F)c1. The number of carbonyl (C=O) groups excluding carboxylic acids is 1. The Morgan fingerprint density at radius 1 is 1.16 bits per heavy atom. The summed E-state index contributed by atoms with van der Waals surface area (Å²) in [6.07, 6.45) is -6.58. The zero-order valence-corrected chi connectivity index (χ0v) is 18.0. The Labute approximate surface area is 182 Å². The van der Waals surface area contributed by atoms with Crippen LogP contribution in [0.4, 0.5) is 26.3 Å². The van der Waals surface area contributed by atoms with Crippen LogP contribution in [0.2, 0.25) is 0 Å². The Hall–Kier alpha value is -2.07. The summed E-state index contributed by atoms with van der Waals surface area (Å²) in [5.74, 6) is -0.112. The van der Waals surface area contributed by atoms with Gasteiger partial charge < -0.3 is 10.1 Å². The van der Waals surface area contributed by atoms with Crippen molar-refractivity contribution in [3.8, 4) is 0 Å². The molecule has 1 aromatic rings. The summed E-state index contributed by atoms with van der Waals surface area (Å²) in [5, 5.41) is 2.93. The van der Waals surface area contributed by atoms with E-state index in [0.717, 1.165) is 12.8 Å². The lowest BCUT2D eigenvalue weighted by Gasteiger charge is -2.42. The van der Waals surface area contributed by atoms with Gasteiger partial charge in [0.1, 0.15) is 0 Å². The van der Waals surface area contributed by atoms with Crippen molar-refractivity contribution in [2.75, 3.05) is 20.2 Å². The molecular formula is C22H26F6N2O2. The van der Waals surface area contributed by atoms with Crippen LogP contribution >= 0.6 is 0 Å². The molecular weight excluding hydrogens is 438 g/mol. The molecule has 0 bridgehead atoms. The van der Waals surface area contributed by atoms with Crippen LogP contribution < -0.4 is 5.32 Å². The molecule has 10 heteroatoms. The van der Waals surface area contributed by atoms with E-state index in [2.05, 4.69) is 5.32 Å². The van der Waals surface area contributed by atoms with Crippen molar-refractivity contribution in [3.05, 3.63) is 46.5 Å². The Kier molecular flexibility index (Phi) is 6.68. The lowest BCUT2D eigenvalue weighted by Crippen LogP contribution is -2.51. The average Bonchev–Trinajstić information content (AvgIpc) is 3.50. The lowest BCUT2D eigenvalue weighted by atomic mass is 9.90. The fourth-order valence-electron chi connectivity index (χ4n) is 3.46. The van der Waals surface area contributed by atoms with Crippen molar-refractivity contribution in [3.63, 3.8) is 0 Å². The molecule has 0 aromatic heterocycles. The molecule has 2 aliphatic rings. The maximum absolute atomic E-state index is 13.1. The van der Waals surface area contributed by atoms with E-state index in [9.17, 15) is 31.1 Å². The number of halogens is 6. The number of nitrogens with zero attached hydrogens (tertiary/aromatic N) is 1. The van der Waals surface area contributed by atoms with Crippen LogP contribution in [-0.2, 0) is 21.9 Å². The molecule has 1 aliphatic heterocycles. The Morgan fingerprint density at radius 3 is 2.19 bits per heavy atom. The van der Waals surface area contributed by atoms with Gasteiger partial charge in [0.2, 0.25) is 5.91 Å². The highest BCUT2D eigenvalue weighted by molar-refractivity contribution is 5.94. The van der Waals surface area contributed by atoms with E-state index in [1.165, 1.54) is 6.92 Å². The van der Waals surface area contributed by atoms with Crippen molar-refractivity contribution in [1.82, 2.24) is 10.2 Å². The molecule has 0 spiro atoms. The van der Waals surface area contributed by atoms with E-state index in [-0.39, 0.29) is 30.2 Å². The Morgan fingerprint density at radius 2 is 1.72 bits per heavy atom. The third-order valence-corrected chi connectivity index (χ3v) is 6.05. The van der Waals surface area contributed by atoms with Gasteiger partial charge in [-0.3, -0.25) is 9.69 Å². The van der Waals surface area contributed by atoms with Gasteiger partial charge >= 0.3 is 12.4 Å². The first-order valence-electron chi connectivity index (χ1n) is 10.3. The van der Waals surface area contributed by atoms with Gasteiger partial charge in [0.05, 0.1) is 23.8 Å². The van der Waals surface area contributed by atoms with Crippen LogP contribution in [0.25, 0.3) is 0 Å². The van der Waals surface area contributed by atoms with Gasteiger partial charge in [-0.05, 0) is 63.9 Å². The number of hydrogen-bond donors (Lipinski definition) is 1. The van der Waals surface area contributed by atoms with Crippen LogP contribution in [0.5, 0.6) is 0 Å². The molecule has 0 saturated heterocycles. The molecule has 4 nitrogen and oxygen atoms in total. The summed E-state index contributed by atoms with van der Waals surface area (Å²) in [6.45, 7) is 3.73. The van der Waals surface area contributed by atoms with Crippen molar-refractivity contribution < 1.29 is 35.9 Å². The number of hydrogen-bond acceptors (Lipinski definition) is 3. The molecule has 1 fully saturated rings. The minimum atomic E-state index is -4.91. The van der Waals surface area contributed by atoms with Crippen LogP contribution in [0.1, 0.15) is 55.9 Å². The monoisotopic (exact) mass is 464 g/mol. The Balaban J connectivity index is 1.71. The summed E-state index contributed by atoms with van der Waals surface area (Å²) in [7, 11) is 1.80. The highest BCUT2D eigenvalue weighted by Crippen LogP contribution is 2.38. The predicted molar refractivity (Wildman–Crippen MR) is 106 cm³/mol. The zero-order valence-electron chi connectivity index (χ0n) is 18.0. The first-order chi connectivity index (χ1) is 14.7. The maximum Gasteiger partial charge on any atom is 0.416 e. The number of benzene rings is 1. The quantitative estimate of drug-likeness (QED) is 0.596. The highest BCUT2D eigenvalue weighted by Gasteiger charge is 2.38. The molecule has 1 heterocycles. The number of likely N-dealkylation sites (N-methyl/N-ethyl adjacent to an activating group) is 1. The van der Waals surface area contributed by atoms with Gasteiger partial charge in [-0.25, -0.2) is 0 Å². The second-order valence-electron chi connectivity index (χ2n) is 8.83. The molecule has 32 heavy (non-hydrogen) atoms. The molecule has 1 aliphatic carbocycles. The number of carbonyl (C=O) groups is 1. The van der Waals surface area contributed by atoms with E-state index < -0.39 is 35.1 Å². The van der Waals surface area contributed by atoms with Crippen LogP contribution in [0, 0.1) is 0 Å². The molecule has 1 N–H and O–H groups in total. The minimum Gasteiger partial charge on any atom is -0.372 e. The average molecular weight is 464 g/mol. The van der Waals surface area contributed by atoms with Crippen molar-refractivity contribution in [2.24, 2.45) is 0 Å². The van der Waals surface area contributed by atoms with Crippen molar-refractivity contribution >= 4 is 5.91 Å². The summed E-state index contributed by atoms with van der Waals surface area (Å²) in [6, 6.07) is 1.71. The summed E-state index contributed by atoms with van der Waals surface area (Å²) >= 11 is 0. The number of rotatable bonds is 6. The summed E-state index contributed by atoms with van der Waals surface area (Å²) in [5.41, 5.74) is -2.86. The third-order valence-electron chi connectivity index (χ3n) is 6.05. The Bertz CT molecular complexity index is 859. The van der Waals surface area contributed by atoms with Crippen LogP contribution in [0.15, 0.2) is 29.8 Å². The molecule has 3 rings (SSSR count). The number of ether oxygens (including phenoxy) is 1. The number of nitrogens with one attached hydrogen (secondary N) is 1. The summed E-state index contributed by atoms with van der Waals surface area (Å²) in [4.78, 5) is 14.2. The predicted octanol–water partition coefficient (Wildman–Crippen LogP) is 5.10. The highest BCUT2D eigenvalue weighted by atomic mass is 19.4. The zero-order chi connectivity index (χ0) is 23.9. The molecule has 0 unspecified atom stereocenters. The number of alkyl halides is 6. The van der Waals surface area contributed by atoms with Crippen molar-refractivity contribution in [2.45, 2.75) is 63.1 Å². The van der Waals surface area contributed by atoms with Crippen LogP contribution in [0.3, 0.4) is 0 Å². The lowest BCUT2D eigenvalue weighted by molar-refractivity contribution is -0.143. The van der Waals surface area contributed by atoms with Crippen LogP contribution in [-0.4, -0.2) is 42.6 Å². The first kappa shape index (κ1) is 24.6. The molecule has 0 radical (unpaired) electrons. The largest absolute Gasteiger partial charge is 0.416 e. The van der Waals surface area contributed by atoms with Gasteiger partial charge in [0.25, 0.3) is 0 Å². The van der Waals surface area contributed by atoms with Gasteiger partial charge in [-0.1, -0.05) is 6.08 Å². The van der Waals surface area contributed by atoms with E-state index in [0.29, 0.717) is 30.7 Å². The van der Waals surface area contributed by atoms with E-state index in [4.69, 9.17) is 4.74 Å². The molecule has 1 saturated carbocycles. The van der Waals surface area contributed by atoms with E-state index >= 15 is 0 Å². The smallest absolute Gasteiger partial charge is 0.372 e. The first-order valence-corrected chi connectivity index (χ1v) is 10.3. The fraction of sp³-hybridized carbons (Fsp3) is 0.591. The third kappa shape index (κ3) is 5.83. The van der Waals surface area contributed by atoms with E-state index in [1.807, 2.05) is 17.9 Å².